The molecule has 3 aromatic rings. The molecule has 0 radical (unpaired) electrons. The number of aromatic nitrogens is 4. The highest BCUT2D eigenvalue weighted by Crippen LogP contribution is 2.23. The van der Waals surface area contributed by atoms with Crippen LogP contribution in [0, 0.1) is 0 Å². The highest BCUT2D eigenvalue weighted by molar-refractivity contribution is 5.92. The minimum absolute atomic E-state index is 0.0130. The summed E-state index contributed by atoms with van der Waals surface area (Å²) in [5.74, 6) is 1.80. The number of carbonyl (C=O) groups excluding carboxylic acids is 1. The third-order valence-electron chi connectivity index (χ3n) is 5.97. The molecule has 0 fully saturated rings. The van der Waals surface area contributed by atoms with Crippen LogP contribution in [-0.2, 0) is 25.8 Å². The predicted octanol–water partition coefficient (Wildman–Crippen LogP) is 3.35. The molecule has 1 aliphatic carbocycles. The number of carbonyl (C=O) groups is 1. The standard InChI is InChI=1S/C23H25N5O/c29-23(20-15-24-21-9-5-2-6-12-28(20)21)26-18-10-11-19-17(13-18)14-25-22(27-19)16-7-3-1-4-8-16/h1,3-4,7-8,14-15,18H,2,5-6,9-13H2,(H,26,29). The summed E-state index contributed by atoms with van der Waals surface area (Å²) in [6, 6.07) is 10.2. The van der Waals surface area contributed by atoms with Crippen molar-refractivity contribution in [1.82, 2.24) is 24.8 Å². The lowest BCUT2D eigenvalue weighted by Crippen LogP contribution is -2.40. The zero-order valence-corrected chi connectivity index (χ0v) is 16.5. The molecule has 0 saturated heterocycles. The van der Waals surface area contributed by atoms with E-state index in [1.54, 1.807) is 6.20 Å². The molecule has 5 rings (SSSR count). The van der Waals surface area contributed by atoms with Gasteiger partial charge in [0.2, 0.25) is 0 Å². The van der Waals surface area contributed by atoms with Gasteiger partial charge in [0.05, 0.1) is 6.20 Å². The summed E-state index contributed by atoms with van der Waals surface area (Å²) < 4.78 is 2.11. The van der Waals surface area contributed by atoms with Gasteiger partial charge in [-0.1, -0.05) is 36.8 Å². The smallest absolute Gasteiger partial charge is 0.269 e. The molecule has 6 nitrogen and oxygen atoms in total. The molecule has 0 spiro atoms. The molecular weight excluding hydrogens is 362 g/mol. The second kappa shape index (κ2) is 7.78. The average molecular weight is 387 g/mol. The van der Waals surface area contributed by atoms with Crippen molar-refractivity contribution < 1.29 is 4.79 Å². The van der Waals surface area contributed by atoms with E-state index in [2.05, 4.69) is 19.9 Å². The van der Waals surface area contributed by atoms with Crippen LogP contribution >= 0.6 is 0 Å². The number of rotatable bonds is 3. The highest BCUT2D eigenvalue weighted by Gasteiger charge is 2.25. The minimum Gasteiger partial charge on any atom is -0.348 e. The van der Waals surface area contributed by atoms with Gasteiger partial charge in [0, 0.05) is 36.5 Å². The number of amides is 1. The fraction of sp³-hybridized carbons (Fsp3) is 0.391. The van der Waals surface area contributed by atoms with Crippen LogP contribution < -0.4 is 5.32 Å². The van der Waals surface area contributed by atoms with Crippen molar-refractivity contribution in [2.45, 2.75) is 57.5 Å². The third kappa shape index (κ3) is 3.67. The van der Waals surface area contributed by atoms with Gasteiger partial charge < -0.3 is 9.88 Å². The number of benzene rings is 1. The highest BCUT2D eigenvalue weighted by atomic mass is 16.2. The van der Waals surface area contributed by atoms with Gasteiger partial charge in [-0.15, -0.1) is 0 Å². The molecule has 0 saturated carbocycles. The van der Waals surface area contributed by atoms with Crippen molar-refractivity contribution in [3.05, 3.63) is 65.5 Å². The monoisotopic (exact) mass is 387 g/mol. The summed E-state index contributed by atoms with van der Waals surface area (Å²) in [7, 11) is 0. The Hall–Kier alpha value is -3.02. The summed E-state index contributed by atoms with van der Waals surface area (Å²) in [5, 5.41) is 3.22. The van der Waals surface area contributed by atoms with E-state index in [-0.39, 0.29) is 11.9 Å². The fourth-order valence-corrected chi connectivity index (χ4v) is 4.39. The molecule has 1 N–H and O–H groups in total. The van der Waals surface area contributed by atoms with E-state index in [9.17, 15) is 4.79 Å². The second-order valence-electron chi connectivity index (χ2n) is 7.97. The minimum atomic E-state index is -0.0130. The molecule has 1 unspecified atom stereocenters. The number of fused-ring (bicyclic) bond motifs is 2. The van der Waals surface area contributed by atoms with Crippen LogP contribution in [0.15, 0.2) is 42.7 Å². The Kier molecular flexibility index (Phi) is 4.84. The average Bonchev–Trinajstić information content (AvgIpc) is 3.02. The topological polar surface area (TPSA) is 72.7 Å². The van der Waals surface area contributed by atoms with Crippen LogP contribution in [-0.4, -0.2) is 31.5 Å². The van der Waals surface area contributed by atoms with Gasteiger partial charge >= 0.3 is 0 Å². The van der Waals surface area contributed by atoms with Crippen molar-refractivity contribution in [2.24, 2.45) is 0 Å². The summed E-state index contributed by atoms with van der Waals surface area (Å²) >= 11 is 0. The summed E-state index contributed by atoms with van der Waals surface area (Å²) in [4.78, 5) is 26.7. The molecule has 3 heterocycles. The first-order chi connectivity index (χ1) is 14.3. The molecule has 2 aromatic heterocycles. The molecule has 1 atom stereocenters. The van der Waals surface area contributed by atoms with E-state index >= 15 is 0 Å². The number of hydrogen-bond donors (Lipinski definition) is 1. The lowest BCUT2D eigenvalue weighted by atomic mass is 9.92. The van der Waals surface area contributed by atoms with Crippen molar-refractivity contribution >= 4 is 5.91 Å². The Bertz CT molecular complexity index is 1030. The van der Waals surface area contributed by atoms with Crippen LogP contribution in [0.4, 0.5) is 0 Å². The van der Waals surface area contributed by atoms with Gasteiger partial charge in [-0.2, -0.15) is 0 Å². The lowest BCUT2D eigenvalue weighted by molar-refractivity contribution is 0.0923. The summed E-state index contributed by atoms with van der Waals surface area (Å²) in [6.45, 7) is 0.891. The third-order valence-corrected chi connectivity index (χ3v) is 5.97. The van der Waals surface area contributed by atoms with Crippen LogP contribution in [0.3, 0.4) is 0 Å². The largest absolute Gasteiger partial charge is 0.348 e. The Balaban J connectivity index is 1.29. The Morgan fingerprint density at radius 1 is 1.03 bits per heavy atom. The molecule has 29 heavy (non-hydrogen) atoms. The first-order valence-corrected chi connectivity index (χ1v) is 10.5. The molecule has 148 valence electrons. The summed E-state index contributed by atoms with van der Waals surface area (Å²) in [5.41, 5.74) is 3.96. The van der Waals surface area contributed by atoms with E-state index in [1.807, 2.05) is 36.5 Å². The van der Waals surface area contributed by atoms with Crippen LogP contribution in [0.25, 0.3) is 11.4 Å². The van der Waals surface area contributed by atoms with Crippen molar-refractivity contribution in [1.29, 1.82) is 0 Å². The quantitative estimate of drug-likeness (QED) is 0.748. The first kappa shape index (κ1) is 18.0. The van der Waals surface area contributed by atoms with Crippen molar-refractivity contribution in [2.75, 3.05) is 0 Å². The predicted molar refractivity (Wildman–Crippen MR) is 111 cm³/mol. The summed E-state index contributed by atoms with van der Waals surface area (Å²) in [6.07, 6.45) is 10.6. The Morgan fingerprint density at radius 3 is 2.83 bits per heavy atom. The van der Waals surface area contributed by atoms with Gasteiger partial charge in [0.25, 0.3) is 5.91 Å². The zero-order chi connectivity index (χ0) is 19.6. The van der Waals surface area contributed by atoms with Gasteiger partial charge in [0.1, 0.15) is 11.5 Å². The van der Waals surface area contributed by atoms with Gasteiger partial charge in [-0.05, 0) is 37.7 Å². The normalized spacial score (nSPS) is 18.4. The molecule has 6 heteroatoms. The first-order valence-electron chi connectivity index (χ1n) is 10.5. The number of imidazole rings is 1. The number of hydrogen-bond acceptors (Lipinski definition) is 4. The number of nitrogens with one attached hydrogen (secondary N) is 1. The van der Waals surface area contributed by atoms with E-state index in [4.69, 9.17) is 4.98 Å². The maximum Gasteiger partial charge on any atom is 0.269 e. The van der Waals surface area contributed by atoms with Crippen LogP contribution in [0.1, 0.15) is 53.3 Å². The Labute approximate surface area is 170 Å². The number of nitrogens with zero attached hydrogens (tertiary/aromatic N) is 4. The zero-order valence-electron chi connectivity index (χ0n) is 16.5. The molecule has 1 aliphatic heterocycles. The SMILES string of the molecule is O=C(NC1CCc2nc(-c3ccccc3)ncc2C1)c1cnc2n1CCCCC2. The van der Waals surface area contributed by atoms with Gasteiger partial charge in [0.15, 0.2) is 5.82 Å². The fourth-order valence-electron chi connectivity index (χ4n) is 4.39. The van der Waals surface area contributed by atoms with Crippen LogP contribution in [0.5, 0.6) is 0 Å². The van der Waals surface area contributed by atoms with E-state index in [0.29, 0.717) is 5.69 Å². The molecule has 1 aromatic carbocycles. The Morgan fingerprint density at radius 2 is 1.93 bits per heavy atom. The maximum absolute atomic E-state index is 12.9. The van der Waals surface area contributed by atoms with Crippen LogP contribution in [0.2, 0.25) is 0 Å². The van der Waals surface area contributed by atoms with Crippen molar-refractivity contribution in [3.63, 3.8) is 0 Å². The second-order valence-corrected chi connectivity index (χ2v) is 7.97. The van der Waals surface area contributed by atoms with E-state index < -0.39 is 0 Å². The maximum atomic E-state index is 12.9. The van der Waals surface area contributed by atoms with E-state index in [0.717, 1.165) is 73.5 Å². The van der Waals surface area contributed by atoms with Gasteiger partial charge in [-0.3, -0.25) is 4.79 Å². The molecule has 1 amide bonds. The molecule has 0 bridgehead atoms. The lowest BCUT2D eigenvalue weighted by Gasteiger charge is -2.25. The number of aryl methyl sites for hydroxylation is 2. The molecule has 2 aliphatic rings. The van der Waals surface area contributed by atoms with Crippen molar-refractivity contribution in [3.8, 4) is 11.4 Å². The van der Waals surface area contributed by atoms with Gasteiger partial charge in [-0.25, -0.2) is 15.0 Å². The van der Waals surface area contributed by atoms with E-state index in [1.165, 1.54) is 6.42 Å². The molecular formula is C23H25N5O.